The van der Waals surface area contributed by atoms with Gasteiger partial charge in [-0.05, 0) is 31.9 Å². The van der Waals surface area contributed by atoms with Gasteiger partial charge in [-0.1, -0.05) is 12.8 Å². The molecule has 0 saturated heterocycles. The standard InChI is InChI=1S/C14H17F2NO2/c1-9(14(18)17-10-4-2-3-5-10)19-11-6-7-12(15)13(16)8-11/h6-10H,2-5H2,1H3,(H,17,18). The maximum absolute atomic E-state index is 13.0. The van der Waals surface area contributed by atoms with E-state index in [9.17, 15) is 13.6 Å². The molecule has 19 heavy (non-hydrogen) atoms. The second kappa shape index (κ2) is 5.99. The summed E-state index contributed by atoms with van der Waals surface area (Å²) < 4.78 is 31.1. The van der Waals surface area contributed by atoms with Crippen LogP contribution in [0.2, 0.25) is 0 Å². The highest BCUT2D eigenvalue weighted by atomic mass is 19.2. The predicted octanol–water partition coefficient (Wildman–Crippen LogP) is 2.79. The predicted molar refractivity (Wildman–Crippen MR) is 66.8 cm³/mol. The van der Waals surface area contributed by atoms with Crippen LogP contribution in [0, 0.1) is 11.6 Å². The van der Waals surface area contributed by atoms with Gasteiger partial charge in [-0.3, -0.25) is 4.79 Å². The van der Waals surface area contributed by atoms with Gasteiger partial charge in [0.15, 0.2) is 17.7 Å². The van der Waals surface area contributed by atoms with Gasteiger partial charge in [0.2, 0.25) is 0 Å². The summed E-state index contributed by atoms with van der Waals surface area (Å²) in [6.07, 6.45) is 3.51. The average molecular weight is 269 g/mol. The number of hydrogen-bond acceptors (Lipinski definition) is 2. The first-order valence-electron chi connectivity index (χ1n) is 6.48. The molecule has 0 radical (unpaired) electrons. The molecule has 0 heterocycles. The summed E-state index contributed by atoms with van der Waals surface area (Å²) in [4.78, 5) is 11.9. The largest absolute Gasteiger partial charge is 0.481 e. The molecule has 5 heteroatoms. The summed E-state index contributed by atoms with van der Waals surface area (Å²) in [5.41, 5.74) is 0. The van der Waals surface area contributed by atoms with Gasteiger partial charge in [0.05, 0.1) is 0 Å². The molecule has 1 unspecified atom stereocenters. The second-order valence-corrected chi connectivity index (χ2v) is 4.83. The topological polar surface area (TPSA) is 38.3 Å². The lowest BCUT2D eigenvalue weighted by Gasteiger charge is -2.18. The zero-order chi connectivity index (χ0) is 13.8. The Balaban J connectivity index is 1.90. The highest BCUT2D eigenvalue weighted by Crippen LogP contribution is 2.19. The molecule has 1 atom stereocenters. The molecule has 2 rings (SSSR count). The third-order valence-corrected chi connectivity index (χ3v) is 3.27. The number of benzene rings is 1. The molecular formula is C14H17F2NO2. The summed E-state index contributed by atoms with van der Waals surface area (Å²) in [6.45, 7) is 1.59. The van der Waals surface area contributed by atoms with Crippen molar-refractivity contribution >= 4 is 5.91 Å². The van der Waals surface area contributed by atoms with Crippen molar-refractivity contribution < 1.29 is 18.3 Å². The fourth-order valence-corrected chi connectivity index (χ4v) is 2.20. The fourth-order valence-electron chi connectivity index (χ4n) is 2.20. The first kappa shape index (κ1) is 13.8. The zero-order valence-electron chi connectivity index (χ0n) is 10.8. The first-order valence-corrected chi connectivity index (χ1v) is 6.48. The van der Waals surface area contributed by atoms with E-state index in [1.54, 1.807) is 6.92 Å². The van der Waals surface area contributed by atoms with Gasteiger partial charge in [-0.2, -0.15) is 0 Å². The number of carbonyl (C=O) groups is 1. The van der Waals surface area contributed by atoms with E-state index in [1.807, 2.05) is 0 Å². The maximum atomic E-state index is 13.0. The van der Waals surface area contributed by atoms with E-state index in [0.29, 0.717) is 0 Å². The number of ether oxygens (including phenoxy) is 1. The minimum atomic E-state index is -0.985. The van der Waals surface area contributed by atoms with Crippen LogP contribution in [0.4, 0.5) is 8.78 Å². The third kappa shape index (κ3) is 3.66. The molecule has 1 aliphatic rings. The van der Waals surface area contributed by atoms with Gasteiger partial charge in [-0.25, -0.2) is 8.78 Å². The number of carbonyl (C=O) groups excluding carboxylic acids is 1. The molecule has 1 N–H and O–H groups in total. The highest BCUT2D eigenvalue weighted by molar-refractivity contribution is 5.81. The van der Waals surface area contributed by atoms with Gasteiger partial charge in [0.25, 0.3) is 5.91 Å². The quantitative estimate of drug-likeness (QED) is 0.912. The molecule has 0 spiro atoms. The van der Waals surface area contributed by atoms with Gasteiger partial charge in [0, 0.05) is 12.1 Å². The Morgan fingerprint density at radius 2 is 2.00 bits per heavy atom. The van der Waals surface area contributed by atoms with E-state index in [0.717, 1.165) is 37.8 Å². The molecule has 0 aromatic heterocycles. The number of hydrogen-bond donors (Lipinski definition) is 1. The van der Waals surface area contributed by atoms with Crippen LogP contribution in [-0.2, 0) is 4.79 Å². The van der Waals surface area contributed by atoms with E-state index in [1.165, 1.54) is 6.07 Å². The Morgan fingerprint density at radius 3 is 2.63 bits per heavy atom. The van der Waals surface area contributed by atoms with Crippen LogP contribution in [0.15, 0.2) is 18.2 Å². The van der Waals surface area contributed by atoms with Crippen molar-refractivity contribution in [1.82, 2.24) is 5.32 Å². The molecule has 0 bridgehead atoms. The summed E-state index contributed by atoms with van der Waals surface area (Å²) in [6, 6.07) is 3.43. The molecule has 1 aromatic carbocycles. The van der Waals surface area contributed by atoms with Gasteiger partial charge < -0.3 is 10.1 Å². The zero-order valence-corrected chi connectivity index (χ0v) is 10.8. The molecular weight excluding hydrogens is 252 g/mol. The molecule has 1 saturated carbocycles. The maximum Gasteiger partial charge on any atom is 0.260 e. The monoisotopic (exact) mass is 269 g/mol. The van der Waals surface area contributed by atoms with Crippen LogP contribution in [-0.4, -0.2) is 18.1 Å². The van der Waals surface area contributed by atoms with Crippen molar-refractivity contribution in [3.05, 3.63) is 29.8 Å². The lowest BCUT2D eigenvalue weighted by atomic mass is 10.2. The van der Waals surface area contributed by atoms with Crippen LogP contribution in [0.1, 0.15) is 32.6 Å². The molecule has 1 fully saturated rings. The van der Waals surface area contributed by atoms with Crippen molar-refractivity contribution in [2.75, 3.05) is 0 Å². The van der Waals surface area contributed by atoms with E-state index < -0.39 is 17.7 Å². The number of halogens is 2. The number of rotatable bonds is 4. The smallest absolute Gasteiger partial charge is 0.260 e. The normalized spacial score (nSPS) is 17.2. The summed E-state index contributed by atoms with van der Waals surface area (Å²) in [5.74, 6) is -2.00. The van der Waals surface area contributed by atoms with Crippen LogP contribution in [0.25, 0.3) is 0 Å². The van der Waals surface area contributed by atoms with Crippen molar-refractivity contribution in [3.8, 4) is 5.75 Å². The molecule has 3 nitrogen and oxygen atoms in total. The second-order valence-electron chi connectivity index (χ2n) is 4.83. The van der Waals surface area contributed by atoms with Crippen LogP contribution < -0.4 is 10.1 Å². The van der Waals surface area contributed by atoms with E-state index in [-0.39, 0.29) is 17.7 Å². The Kier molecular flexibility index (Phi) is 4.35. The minimum Gasteiger partial charge on any atom is -0.481 e. The average Bonchev–Trinajstić information content (AvgIpc) is 2.86. The Labute approximate surface area is 111 Å². The highest BCUT2D eigenvalue weighted by Gasteiger charge is 2.21. The fraction of sp³-hybridized carbons (Fsp3) is 0.500. The number of amides is 1. The Hall–Kier alpha value is -1.65. The van der Waals surface area contributed by atoms with Crippen molar-refractivity contribution in [2.24, 2.45) is 0 Å². The molecule has 1 amide bonds. The lowest BCUT2D eigenvalue weighted by Crippen LogP contribution is -2.41. The minimum absolute atomic E-state index is 0.146. The molecule has 1 aliphatic carbocycles. The summed E-state index contributed by atoms with van der Waals surface area (Å²) >= 11 is 0. The van der Waals surface area contributed by atoms with Crippen LogP contribution >= 0.6 is 0 Å². The van der Waals surface area contributed by atoms with Crippen molar-refractivity contribution in [2.45, 2.75) is 44.8 Å². The Bertz CT molecular complexity index is 459. The van der Waals surface area contributed by atoms with E-state index >= 15 is 0 Å². The molecule has 0 aliphatic heterocycles. The molecule has 1 aromatic rings. The number of nitrogens with one attached hydrogen (secondary N) is 1. The van der Waals surface area contributed by atoms with Gasteiger partial charge >= 0.3 is 0 Å². The van der Waals surface area contributed by atoms with Crippen LogP contribution in [0.5, 0.6) is 5.75 Å². The van der Waals surface area contributed by atoms with Crippen molar-refractivity contribution in [1.29, 1.82) is 0 Å². The summed E-state index contributed by atoms with van der Waals surface area (Å²) in [5, 5.41) is 2.89. The SMILES string of the molecule is CC(Oc1ccc(F)c(F)c1)C(=O)NC1CCCC1. The third-order valence-electron chi connectivity index (χ3n) is 3.27. The van der Waals surface area contributed by atoms with Gasteiger partial charge in [-0.15, -0.1) is 0 Å². The van der Waals surface area contributed by atoms with Crippen molar-refractivity contribution in [3.63, 3.8) is 0 Å². The van der Waals surface area contributed by atoms with Gasteiger partial charge in [0.1, 0.15) is 5.75 Å². The lowest BCUT2D eigenvalue weighted by molar-refractivity contribution is -0.127. The Morgan fingerprint density at radius 1 is 1.32 bits per heavy atom. The van der Waals surface area contributed by atoms with E-state index in [2.05, 4.69) is 5.32 Å². The van der Waals surface area contributed by atoms with Crippen LogP contribution in [0.3, 0.4) is 0 Å². The first-order chi connectivity index (χ1) is 9.06. The summed E-state index contributed by atoms with van der Waals surface area (Å²) in [7, 11) is 0. The van der Waals surface area contributed by atoms with E-state index in [4.69, 9.17) is 4.74 Å². The molecule has 104 valence electrons.